The molecule has 0 saturated carbocycles. The van der Waals surface area contributed by atoms with E-state index in [4.69, 9.17) is 22.1 Å². The molecule has 0 spiro atoms. The number of benzene rings is 1. The Morgan fingerprint density at radius 3 is 2.71 bits per heavy atom. The number of carbonyl (C=O) groups is 2. The molecule has 1 aromatic rings. The maximum atomic E-state index is 11.8. The first-order valence-electron chi connectivity index (χ1n) is 6.58. The first-order chi connectivity index (χ1) is 9.92. The number of hydrogen-bond donors (Lipinski definition) is 3. The number of anilines is 1. The molecule has 6 nitrogen and oxygen atoms in total. The van der Waals surface area contributed by atoms with Crippen molar-refractivity contribution in [3.05, 3.63) is 23.2 Å². The van der Waals surface area contributed by atoms with Crippen LogP contribution in [0.2, 0.25) is 5.02 Å². The van der Waals surface area contributed by atoms with Gasteiger partial charge in [0.05, 0.1) is 12.8 Å². The Balaban J connectivity index is 2.44. The Labute approximate surface area is 129 Å². The smallest absolute Gasteiger partial charge is 0.226 e. The molecule has 0 bridgehead atoms. The minimum atomic E-state index is -0.239. The summed E-state index contributed by atoms with van der Waals surface area (Å²) in [6.45, 7) is 2.00. The fourth-order valence-corrected chi connectivity index (χ4v) is 1.84. The van der Waals surface area contributed by atoms with Gasteiger partial charge in [-0.25, -0.2) is 0 Å². The molecule has 116 valence electrons. The average molecular weight is 314 g/mol. The third-order valence-electron chi connectivity index (χ3n) is 2.62. The van der Waals surface area contributed by atoms with E-state index in [2.05, 4.69) is 10.6 Å². The van der Waals surface area contributed by atoms with E-state index in [0.29, 0.717) is 16.5 Å². The van der Waals surface area contributed by atoms with Gasteiger partial charge in [0.2, 0.25) is 11.8 Å². The zero-order valence-electron chi connectivity index (χ0n) is 12.1. The molecule has 21 heavy (non-hydrogen) atoms. The van der Waals surface area contributed by atoms with E-state index in [1.54, 1.807) is 25.1 Å². The monoisotopic (exact) mass is 313 g/mol. The molecule has 0 aliphatic carbocycles. The maximum absolute atomic E-state index is 11.8. The summed E-state index contributed by atoms with van der Waals surface area (Å²) in [5.74, 6) is 0.114. The Morgan fingerprint density at radius 1 is 1.38 bits per heavy atom. The summed E-state index contributed by atoms with van der Waals surface area (Å²) in [4.78, 5) is 23.2. The lowest BCUT2D eigenvalue weighted by atomic mass is 10.2. The van der Waals surface area contributed by atoms with Crippen LogP contribution in [0.5, 0.6) is 5.75 Å². The number of nitrogens with two attached hydrogens (primary N) is 1. The van der Waals surface area contributed by atoms with Gasteiger partial charge >= 0.3 is 0 Å². The van der Waals surface area contributed by atoms with Crippen LogP contribution in [0.4, 0.5) is 5.69 Å². The Hall–Kier alpha value is -1.79. The van der Waals surface area contributed by atoms with Gasteiger partial charge in [0, 0.05) is 30.5 Å². The highest BCUT2D eigenvalue weighted by Gasteiger charge is 2.09. The summed E-state index contributed by atoms with van der Waals surface area (Å²) >= 11 is 5.88. The van der Waals surface area contributed by atoms with Gasteiger partial charge in [-0.2, -0.15) is 0 Å². The number of halogens is 1. The van der Waals surface area contributed by atoms with Gasteiger partial charge in [-0.3, -0.25) is 9.59 Å². The third kappa shape index (κ3) is 6.46. The quantitative estimate of drug-likeness (QED) is 0.711. The van der Waals surface area contributed by atoms with Crippen molar-refractivity contribution in [2.45, 2.75) is 25.8 Å². The lowest BCUT2D eigenvalue weighted by molar-refractivity contribution is -0.121. The van der Waals surface area contributed by atoms with Crippen LogP contribution in [-0.2, 0) is 9.59 Å². The normalized spacial score (nSPS) is 11.6. The van der Waals surface area contributed by atoms with Crippen molar-refractivity contribution >= 4 is 29.1 Å². The van der Waals surface area contributed by atoms with E-state index in [9.17, 15) is 9.59 Å². The second-order valence-electron chi connectivity index (χ2n) is 4.67. The highest BCUT2D eigenvalue weighted by atomic mass is 35.5. The summed E-state index contributed by atoms with van der Waals surface area (Å²) < 4.78 is 5.13. The lowest BCUT2D eigenvalue weighted by Gasteiger charge is -2.11. The molecule has 0 saturated heterocycles. The number of nitrogens with one attached hydrogen (secondary N) is 2. The Bertz CT molecular complexity index is 506. The molecule has 1 unspecified atom stereocenters. The second kappa shape index (κ2) is 8.49. The van der Waals surface area contributed by atoms with Gasteiger partial charge in [-0.05, 0) is 25.1 Å². The minimum Gasteiger partial charge on any atom is -0.495 e. The van der Waals surface area contributed by atoms with Crippen molar-refractivity contribution in [2.24, 2.45) is 5.73 Å². The summed E-state index contributed by atoms with van der Waals surface area (Å²) in [6, 6.07) is 4.74. The van der Waals surface area contributed by atoms with Crippen LogP contribution in [0.3, 0.4) is 0 Å². The van der Waals surface area contributed by atoms with E-state index in [1.165, 1.54) is 7.11 Å². The van der Waals surface area contributed by atoms with E-state index in [-0.39, 0.29) is 37.2 Å². The molecule has 1 atom stereocenters. The number of amides is 2. The van der Waals surface area contributed by atoms with Crippen LogP contribution < -0.4 is 21.1 Å². The van der Waals surface area contributed by atoms with Gasteiger partial charge in [-0.1, -0.05) is 11.6 Å². The van der Waals surface area contributed by atoms with E-state index in [0.717, 1.165) is 0 Å². The van der Waals surface area contributed by atoms with E-state index >= 15 is 0 Å². The molecular formula is C14H20ClN3O3. The molecule has 0 aromatic heterocycles. The predicted molar refractivity (Wildman–Crippen MR) is 82.5 cm³/mol. The van der Waals surface area contributed by atoms with E-state index < -0.39 is 0 Å². The number of carbonyl (C=O) groups excluding carboxylic acids is 2. The molecule has 7 heteroatoms. The SMILES string of the molecule is COc1ccc(Cl)cc1NC(=O)CCNC(=O)CC(C)N. The molecular weight excluding hydrogens is 294 g/mol. The van der Waals surface area contributed by atoms with Crippen molar-refractivity contribution in [1.82, 2.24) is 5.32 Å². The topological polar surface area (TPSA) is 93.5 Å². The molecule has 4 N–H and O–H groups in total. The molecule has 1 rings (SSSR count). The Morgan fingerprint density at radius 2 is 2.10 bits per heavy atom. The fraction of sp³-hybridized carbons (Fsp3) is 0.429. The number of ether oxygens (including phenoxy) is 1. The third-order valence-corrected chi connectivity index (χ3v) is 2.85. The summed E-state index contributed by atoms with van der Waals surface area (Å²) in [6.07, 6.45) is 0.393. The number of methoxy groups -OCH3 is 1. The van der Waals surface area contributed by atoms with E-state index in [1.807, 2.05) is 0 Å². The van der Waals surface area contributed by atoms with Crippen molar-refractivity contribution in [3.8, 4) is 5.75 Å². The largest absolute Gasteiger partial charge is 0.495 e. The van der Waals surface area contributed by atoms with Crippen LogP contribution in [0.15, 0.2) is 18.2 Å². The van der Waals surface area contributed by atoms with Crippen molar-refractivity contribution in [1.29, 1.82) is 0 Å². The van der Waals surface area contributed by atoms with Crippen LogP contribution in [0.25, 0.3) is 0 Å². The standard InChI is InChI=1S/C14H20ClN3O3/c1-9(16)7-14(20)17-6-5-13(19)18-11-8-10(15)3-4-12(11)21-2/h3-4,8-9H,5-7,16H2,1-2H3,(H,17,20)(H,18,19). The van der Waals surface area contributed by atoms with Gasteiger partial charge in [0.25, 0.3) is 0 Å². The van der Waals surface area contributed by atoms with Crippen molar-refractivity contribution in [2.75, 3.05) is 19.0 Å². The van der Waals surface area contributed by atoms with Crippen LogP contribution >= 0.6 is 11.6 Å². The second-order valence-corrected chi connectivity index (χ2v) is 5.11. The fourth-order valence-electron chi connectivity index (χ4n) is 1.67. The molecule has 2 amide bonds. The van der Waals surface area contributed by atoms with Gasteiger partial charge in [0.15, 0.2) is 0 Å². The van der Waals surface area contributed by atoms with Gasteiger partial charge in [-0.15, -0.1) is 0 Å². The molecule has 0 aliphatic heterocycles. The molecule has 0 heterocycles. The number of hydrogen-bond acceptors (Lipinski definition) is 4. The highest BCUT2D eigenvalue weighted by Crippen LogP contribution is 2.27. The zero-order valence-corrected chi connectivity index (χ0v) is 12.9. The Kier molecular flexibility index (Phi) is 6.98. The maximum Gasteiger partial charge on any atom is 0.226 e. The van der Waals surface area contributed by atoms with Gasteiger partial charge < -0.3 is 21.1 Å². The first-order valence-corrected chi connectivity index (χ1v) is 6.96. The highest BCUT2D eigenvalue weighted by molar-refractivity contribution is 6.31. The van der Waals surface area contributed by atoms with Crippen LogP contribution in [0, 0.1) is 0 Å². The lowest BCUT2D eigenvalue weighted by Crippen LogP contribution is -2.32. The predicted octanol–water partition coefficient (Wildman–Crippen LogP) is 1.53. The summed E-state index contributed by atoms with van der Waals surface area (Å²) in [5.41, 5.74) is 6.00. The zero-order chi connectivity index (χ0) is 15.8. The summed E-state index contributed by atoms with van der Waals surface area (Å²) in [7, 11) is 1.51. The molecule has 0 radical (unpaired) electrons. The molecule has 1 aromatic carbocycles. The van der Waals surface area contributed by atoms with Gasteiger partial charge in [0.1, 0.15) is 5.75 Å². The minimum absolute atomic E-state index is 0.153. The number of rotatable bonds is 7. The average Bonchev–Trinajstić information content (AvgIpc) is 2.38. The van der Waals surface area contributed by atoms with Crippen molar-refractivity contribution in [3.63, 3.8) is 0 Å². The van der Waals surface area contributed by atoms with Crippen LogP contribution in [0.1, 0.15) is 19.8 Å². The molecule has 0 fully saturated rings. The van der Waals surface area contributed by atoms with Crippen LogP contribution in [-0.4, -0.2) is 31.5 Å². The van der Waals surface area contributed by atoms with Crippen molar-refractivity contribution < 1.29 is 14.3 Å². The summed E-state index contributed by atoms with van der Waals surface area (Å²) in [5, 5.41) is 5.82. The first kappa shape index (κ1) is 17.3. The molecule has 0 aliphatic rings.